The molecule has 0 aliphatic rings. The molecule has 0 fully saturated rings. The molecule has 0 radical (unpaired) electrons. The Hall–Kier alpha value is -1.89. The van der Waals surface area contributed by atoms with Crippen molar-refractivity contribution in [1.82, 2.24) is 0 Å². The quantitative estimate of drug-likeness (QED) is 0.346. The maximum atomic E-state index is 12.1. The Morgan fingerprint density at radius 1 is 0.714 bits per heavy atom. The number of unbranched alkanes of at least 4 members (excludes halogenated alkanes) is 4. The maximum Gasteiger partial charge on any atom is 0.132 e. The average molecular weight is 379 g/mol. The van der Waals surface area contributed by atoms with Crippen LogP contribution in [0.25, 0.3) is 0 Å². The molecule has 0 spiro atoms. The van der Waals surface area contributed by atoms with Crippen LogP contribution in [0.5, 0.6) is 0 Å². The van der Waals surface area contributed by atoms with Crippen molar-refractivity contribution in [2.45, 2.75) is 90.9 Å². The third kappa shape index (κ3) is 6.62. The van der Waals surface area contributed by atoms with Gasteiger partial charge in [0.1, 0.15) is 5.78 Å². The van der Waals surface area contributed by atoms with Crippen molar-refractivity contribution in [3.05, 3.63) is 70.8 Å². The van der Waals surface area contributed by atoms with Crippen LogP contribution in [0.3, 0.4) is 0 Å². The van der Waals surface area contributed by atoms with Crippen molar-refractivity contribution in [2.24, 2.45) is 0 Å². The van der Waals surface area contributed by atoms with E-state index in [1.807, 2.05) is 0 Å². The van der Waals surface area contributed by atoms with Crippen LogP contribution in [0.2, 0.25) is 0 Å². The molecule has 0 aliphatic carbocycles. The number of ketones is 1. The van der Waals surface area contributed by atoms with Crippen molar-refractivity contribution in [2.75, 3.05) is 0 Å². The first-order valence-corrected chi connectivity index (χ1v) is 11.1. The van der Waals surface area contributed by atoms with Gasteiger partial charge in [-0.05, 0) is 44.2 Å². The van der Waals surface area contributed by atoms with Gasteiger partial charge in [-0.2, -0.15) is 0 Å². The lowest BCUT2D eigenvalue weighted by molar-refractivity contribution is -0.119. The number of hydrogen-bond acceptors (Lipinski definition) is 1. The molecule has 0 aliphatic heterocycles. The highest BCUT2D eigenvalue weighted by Gasteiger charge is 2.28. The molecule has 0 N–H and O–H groups in total. The van der Waals surface area contributed by atoms with Gasteiger partial charge in [0, 0.05) is 18.3 Å². The molecule has 2 aromatic carbocycles. The van der Waals surface area contributed by atoms with Crippen molar-refractivity contribution in [3.8, 4) is 0 Å². The van der Waals surface area contributed by atoms with E-state index in [9.17, 15) is 4.79 Å². The van der Waals surface area contributed by atoms with Crippen LogP contribution in [-0.2, 0) is 10.2 Å². The van der Waals surface area contributed by atoms with E-state index in [1.54, 1.807) is 0 Å². The van der Waals surface area contributed by atoms with Gasteiger partial charge in [0.05, 0.1) is 0 Å². The van der Waals surface area contributed by atoms with E-state index in [4.69, 9.17) is 0 Å². The summed E-state index contributed by atoms with van der Waals surface area (Å²) in [5, 5.41) is 0. The first kappa shape index (κ1) is 22.4. The lowest BCUT2D eigenvalue weighted by atomic mass is 9.72. The molecule has 0 heterocycles. The van der Waals surface area contributed by atoms with E-state index in [0.717, 1.165) is 38.5 Å². The minimum Gasteiger partial charge on any atom is -0.300 e. The highest BCUT2D eigenvalue weighted by Crippen LogP contribution is 2.37. The van der Waals surface area contributed by atoms with Crippen LogP contribution in [0, 0.1) is 13.8 Å². The van der Waals surface area contributed by atoms with E-state index in [-0.39, 0.29) is 5.41 Å². The van der Waals surface area contributed by atoms with Gasteiger partial charge in [0.25, 0.3) is 0 Å². The first-order valence-electron chi connectivity index (χ1n) is 11.1. The van der Waals surface area contributed by atoms with Gasteiger partial charge in [0.2, 0.25) is 0 Å². The van der Waals surface area contributed by atoms with E-state index >= 15 is 0 Å². The fraction of sp³-hybridized carbons (Fsp3) is 0.519. The fourth-order valence-electron chi connectivity index (χ4n) is 3.97. The zero-order valence-electron chi connectivity index (χ0n) is 18.4. The molecule has 0 saturated carbocycles. The molecule has 1 heteroatoms. The number of benzene rings is 2. The van der Waals surface area contributed by atoms with E-state index < -0.39 is 0 Å². The molecule has 28 heavy (non-hydrogen) atoms. The molecule has 0 atom stereocenters. The highest BCUT2D eigenvalue weighted by atomic mass is 16.1. The van der Waals surface area contributed by atoms with Crippen LogP contribution in [0.4, 0.5) is 0 Å². The SMILES string of the molecule is CCCCCCC(=O)CCCCC(C)(c1ccc(C)cc1)c1ccc(C)cc1. The van der Waals surface area contributed by atoms with Gasteiger partial charge < -0.3 is 0 Å². The summed E-state index contributed by atoms with van der Waals surface area (Å²) in [5.74, 6) is 0.448. The summed E-state index contributed by atoms with van der Waals surface area (Å²) in [4.78, 5) is 12.1. The largest absolute Gasteiger partial charge is 0.300 e. The van der Waals surface area contributed by atoms with Crippen LogP contribution < -0.4 is 0 Å². The second-order valence-corrected chi connectivity index (χ2v) is 8.62. The molecule has 1 nitrogen and oxygen atoms in total. The lowest BCUT2D eigenvalue weighted by Crippen LogP contribution is -2.23. The van der Waals surface area contributed by atoms with Gasteiger partial charge in [0.15, 0.2) is 0 Å². The molecule has 0 aromatic heterocycles. The predicted molar refractivity (Wildman–Crippen MR) is 121 cm³/mol. The molecule has 0 unspecified atom stereocenters. The topological polar surface area (TPSA) is 17.1 Å². The fourth-order valence-corrected chi connectivity index (χ4v) is 3.97. The van der Waals surface area contributed by atoms with Crippen LogP contribution in [0.15, 0.2) is 48.5 Å². The van der Waals surface area contributed by atoms with Crippen molar-refractivity contribution < 1.29 is 4.79 Å². The van der Waals surface area contributed by atoms with Crippen molar-refractivity contribution in [3.63, 3.8) is 0 Å². The predicted octanol–water partition coefficient (Wildman–Crippen LogP) is 7.71. The highest BCUT2D eigenvalue weighted by molar-refractivity contribution is 5.78. The van der Waals surface area contributed by atoms with Gasteiger partial charge in [-0.15, -0.1) is 0 Å². The van der Waals surface area contributed by atoms with Crippen LogP contribution in [-0.4, -0.2) is 5.78 Å². The van der Waals surface area contributed by atoms with E-state index in [0.29, 0.717) is 5.78 Å². The number of carbonyl (C=O) groups is 1. The summed E-state index contributed by atoms with van der Waals surface area (Å²) in [6, 6.07) is 17.9. The van der Waals surface area contributed by atoms with Gasteiger partial charge in [-0.3, -0.25) is 4.79 Å². The molecule has 0 saturated heterocycles. The van der Waals surface area contributed by atoms with Crippen molar-refractivity contribution in [1.29, 1.82) is 0 Å². The van der Waals surface area contributed by atoms with Gasteiger partial charge in [-0.1, -0.05) is 99.2 Å². The number of hydrogen-bond donors (Lipinski definition) is 0. The molecular weight excluding hydrogens is 340 g/mol. The number of carbonyl (C=O) groups excluding carboxylic acids is 1. The average Bonchev–Trinajstić information content (AvgIpc) is 2.69. The Balaban J connectivity index is 1.98. The Bertz CT molecular complexity index is 663. The summed E-state index contributed by atoms with van der Waals surface area (Å²) in [5.41, 5.74) is 5.32. The van der Waals surface area contributed by atoms with Gasteiger partial charge >= 0.3 is 0 Å². The van der Waals surface area contributed by atoms with Crippen LogP contribution in [0.1, 0.15) is 93.9 Å². The first-order chi connectivity index (χ1) is 13.5. The minimum absolute atomic E-state index is 0.00836. The number of rotatable bonds is 12. The van der Waals surface area contributed by atoms with Crippen LogP contribution >= 0.6 is 0 Å². The summed E-state index contributed by atoms with van der Waals surface area (Å²) >= 11 is 0. The maximum absolute atomic E-state index is 12.1. The molecular formula is C27H38O. The smallest absolute Gasteiger partial charge is 0.132 e. The standard InChI is InChI=1S/C27H38O/c1-5-6-7-8-11-26(28)12-9-10-21-27(4,24-17-13-22(2)14-18-24)25-19-15-23(3)16-20-25/h13-20H,5-12,21H2,1-4H3. The van der Waals surface area contributed by atoms with E-state index in [2.05, 4.69) is 76.2 Å². The van der Waals surface area contributed by atoms with Crippen molar-refractivity contribution >= 4 is 5.78 Å². The third-order valence-corrected chi connectivity index (χ3v) is 6.07. The number of aryl methyl sites for hydroxylation is 2. The van der Waals surface area contributed by atoms with Gasteiger partial charge in [-0.25, -0.2) is 0 Å². The minimum atomic E-state index is -0.00836. The zero-order chi connectivity index (χ0) is 20.4. The van der Waals surface area contributed by atoms with E-state index in [1.165, 1.54) is 41.5 Å². The Morgan fingerprint density at radius 2 is 1.18 bits per heavy atom. The second-order valence-electron chi connectivity index (χ2n) is 8.62. The molecule has 0 amide bonds. The number of Topliss-reactive ketones (excluding diaryl/α,β-unsaturated/α-hetero) is 1. The molecule has 2 rings (SSSR count). The monoisotopic (exact) mass is 378 g/mol. The third-order valence-electron chi connectivity index (χ3n) is 6.07. The summed E-state index contributed by atoms with van der Waals surface area (Å²) in [6.45, 7) is 8.84. The zero-order valence-corrected chi connectivity index (χ0v) is 18.4. The molecule has 2 aromatic rings. The Kier molecular flexibility index (Phi) is 8.96. The molecule has 152 valence electrons. The Labute approximate surface area is 172 Å². The normalized spacial score (nSPS) is 11.6. The summed E-state index contributed by atoms with van der Waals surface area (Å²) in [6.07, 6.45) is 9.40. The molecule has 0 bridgehead atoms. The Morgan fingerprint density at radius 3 is 1.64 bits per heavy atom. The summed E-state index contributed by atoms with van der Waals surface area (Å²) < 4.78 is 0. The second kappa shape index (κ2) is 11.2. The summed E-state index contributed by atoms with van der Waals surface area (Å²) in [7, 11) is 0. The lowest BCUT2D eigenvalue weighted by Gasteiger charge is -2.31.